The molecule has 1 rings (SSSR count). The fraction of sp³-hybridized carbons (Fsp3) is 0.538. The van der Waals surface area contributed by atoms with Crippen molar-refractivity contribution in [2.45, 2.75) is 40.2 Å². The normalized spacial score (nSPS) is 16.7. The molecule has 1 heterocycles. The highest BCUT2D eigenvalue weighted by atomic mass is 32.1. The van der Waals surface area contributed by atoms with Crippen LogP contribution in [-0.2, 0) is 4.79 Å². The van der Waals surface area contributed by atoms with Crippen molar-refractivity contribution in [1.82, 2.24) is 5.32 Å². The number of amides is 1. The van der Waals surface area contributed by atoms with E-state index < -0.39 is 5.41 Å². The molecule has 0 aliphatic heterocycles. The molecule has 6 heteroatoms. The number of carbonyl (C=O) groups excluding carboxylic acids is 1. The second kappa shape index (κ2) is 6.06. The predicted octanol–water partition coefficient (Wildman–Crippen LogP) is 2.40. The van der Waals surface area contributed by atoms with Crippen LogP contribution in [0.2, 0.25) is 0 Å². The number of hydrogen-bond donors (Lipinski definition) is 3. The van der Waals surface area contributed by atoms with E-state index in [2.05, 4.69) is 10.5 Å². The van der Waals surface area contributed by atoms with Crippen molar-refractivity contribution in [3.8, 4) is 0 Å². The summed E-state index contributed by atoms with van der Waals surface area (Å²) >= 11 is 1.64. The van der Waals surface area contributed by atoms with E-state index in [0.717, 1.165) is 4.88 Å². The number of aryl methyl sites for hydroxylation is 1. The molecule has 19 heavy (non-hydrogen) atoms. The zero-order valence-electron chi connectivity index (χ0n) is 11.7. The van der Waals surface area contributed by atoms with Gasteiger partial charge in [0.25, 0.3) is 0 Å². The molecule has 0 saturated heterocycles. The molecule has 2 unspecified atom stereocenters. The van der Waals surface area contributed by atoms with Crippen molar-refractivity contribution in [2.24, 2.45) is 16.3 Å². The van der Waals surface area contributed by atoms with Crippen molar-refractivity contribution >= 4 is 23.1 Å². The molecule has 0 fully saturated rings. The number of rotatable bonds is 5. The molecule has 1 aromatic heterocycles. The van der Waals surface area contributed by atoms with E-state index >= 15 is 0 Å². The Labute approximate surface area is 117 Å². The van der Waals surface area contributed by atoms with E-state index in [1.54, 1.807) is 18.3 Å². The third-order valence-corrected chi connectivity index (χ3v) is 4.60. The van der Waals surface area contributed by atoms with Gasteiger partial charge < -0.3 is 16.3 Å². The average Bonchev–Trinajstić information content (AvgIpc) is 2.83. The van der Waals surface area contributed by atoms with Crippen LogP contribution < -0.4 is 11.1 Å². The summed E-state index contributed by atoms with van der Waals surface area (Å²) in [6, 6.07) is 3.92. The van der Waals surface area contributed by atoms with E-state index in [9.17, 15) is 4.79 Å². The number of thiophene rings is 1. The smallest absolute Gasteiger partial charge is 0.234 e. The highest BCUT2D eigenvalue weighted by Crippen LogP contribution is 2.26. The minimum atomic E-state index is -0.991. The molecule has 106 valence electrons. The minimum Gasteiger partial charge on any atom is -0.409 e. The molecule has 0 aliphatic rings. The lowest BCUT2D eigenvalue weighted by atomic mass is 9.85. The topological polar surface area (TPSA) is 87.7 Å². The van der Waals surface area contributed by atoms with Gasteiger partial charge in [-0.1, -0.05) is 12.1 Å². The molecule has 0 aliphatic carbocycles. The molecule has 1 amide bonds. The minimum absolute atomic E-state index is 0.0675. The van der Waals surface area contributed by atoms with Gasteiger partial charge in [0.2, 0.25) is 5.91 Å². The Morgan fingerprint density at radius 2 is 2.26 bits per heavy atom. The van der Waals surface area contributed by atoms with Crippen LogP contribution in [0.15, 0.2) is 17.3 Å². The largest absolute Gasteiger partial charge is 0.409 e. The van der Waals surface area contributed by atoms with Crippen LogP contribution in [0.1, 0.15) is 43.0 Å². The zero-order valence-corrected chi connectivity index (χ0v) is 12.5. The average molecular weight is 283 g/mol. The van der Waals surface area contributed by atoms with Gasteiger partial charge in [0.15, 0.2) is 5.84 Å². The number of nitrogens with zero attached hydrogens (tertiary/aromatic N) is 1. The van der Waals surface area contributed by atoms with Crippen LogP contribution >= 0.6 is 11.3 Å². The van der Waals surface area contributed by atoms with Gasteiger partial charge in [-0.3, -0.25) is 4.79 Å². The first-order chi connectivity index (χ1) is 8.85. The number of nitrogens with one attached hydrogen (secondary N) is 1. The summed E-state index contributed by atoms with van der Waals surface area (Å²) in [5.41, 5.74) is 4.63. The quantitative estimate of drug-likeness (QED) is 0.335. The molecule has 4 N–H and O–H groups in total. The first kappa shape index (κ1) is 15.5. The summed E-state index contributed by atoms with van der Waals surface area (Å²) in [6.45, 7) is 7.45. The highest BCUT2D eigenvalue weighted by Gasteiger charge is 2.37. The van der Waals surface area contributed by atoms with Crippen LogP contribution in [0.25, 0.3) is 0 Å². The van der Waals surface area contributed by atoms with Gasteiger partial charge in [0.05, 0.1) is 6.04 Å². The Balaban J connectivity index is 2.84. The third kappa shape index (κ3) is 3.26. The number of carbonyl (C=O) groups is 1. The summed E-state index contributed by atoms with van der Waals surface area (Å²) < 4.78 is 0. The second-order valence-corrected chi connectivity index (χ2v) is 6.13. The molecule has 2 atom stereocenters. The summed E-state index contributed by atoms with van der Waals surface area (Å²) in [5.74, 6) is -0.300. The van der Waals surface area contributed by atoms with E-state index in [-0.39, 0.29) is 17.8 Å². The highest BCUT2D eigenvalue weighted by molar-refractivity contribution is 7.12. The number of oxime groups is 1. The molecule has 0 radical (unpaired) electrons. The van der Waals surface area contributed by atoms with Crippen molar-refractivity contribution < 1.29 is 10.0 Å². The summed E-state index contributed by atoms with van der Waals surface area (Å²) in [4.78, 5) is 14.6. The fourth-order valence-electron chi connectivity index (χ4n) is 1.68. The summed E-state index contributed by atoms with van der Waals surface area (Å²) in [5, 5.41) is 14.7. The first-order valence-electron chi connectivity index (χ1n) is 6.20. The van der Waals surface area contributed by atoms with Crippen LogP contribution in [-0.4, -0.2) is 17.0 Å². The maximum atomic E-state index is 12.3. The Morgan fingerprint density at radius 3 is 2.68 bits per heavy atom. The predicted molar refractivity (Wildman–Crippen MR) is 77.4 cm³/mol. The molecule has 5 nitrogen and oxygen atoms in total. The van der Waals surface area contributed by atoms with Crippen molar-refractivity contribution in [3.63, 3.8) is 0 Å². The van der Waals surface area contributed by atoms with Crippen LogP contribution in [0.3, 0.4) is 0 Å². The van der Waals surface area contributed by atoms with Gasteiger partial charge in [-0.2, -0.15) is 0 Å². The van der Waals surface area contributed by atoms with Crippen LogP contribution in [0.5, 0.6) is 0 Å². The molecule has 0 aromatic carbocycles. The van der Waals surface area contributed by atoms with Gasteiger partial charge in [0.1, 0.15) is 5.41 Å². The Morgan fingerprint density at radius 1 is 1.63 bits per heavy atom. The molecular weight excluding hydrogens is 262 g/mol. The standard InChI is InChI=1S/C13H21N3O2S/c1-5-13(4,11(14)16-18)12(17)15-9(3)10-7-6-8(2)19-10/h6-7,9,18H,5H2,1-4H3,(H2,14,16)(H,15,17). The maximum Gasteiger partial charge on any atom is 0.234 e. The zero-order chi connectivity index (χ0) is 14.6. The number of nitrogens with two attached hydrogens (primary N) is 1. The Hall–Kier alpha value is -1.56. The summed E-state index contributed by atoms with van der Waals surface area (Å²) in [7, 11) is 0. The lowest BCUT2D eigenvalue weighted by Crippen LogP contribution is -2.48. The lowest BCUT2D eigenvalue weighted by molar-refractivity contribution is -0.127. The molecule has 1 aromatic rings. The summed E-state index contributed by atoms with van der Waals surface area (Å²) in [6.07, 6.45) is 0.463. The maximum absolute atomic E-state index is 12.3. The van der Waals surface area contributed by atoms with Crippen molar-refractivity contribution in [2.75, 3.05) is 0 Å². The Bertz CT molecular complexity index is 484. The van der Waals surface area contributed by atoms with Crippen LogP contribution in [0, 0.1) is 12.3 Å². The van der Waals surface area contributed by atoms with Gasteiger partial charge in [-0.05, 0) is 39.3 Å². The Kier molecular flexibility index (Phi) is 4.94. The van der Waals surface area contributed by atoms with Crippen molar-refractivity contribution in [1.29, 1.82) is 0 Å². The lowest BCUT2D eigenvalue weighted by Gasteiger charge is -2.27. The van der Waals surface area contributed by atoms with E-state index in [0.29, 0.717) is 6.42 Å². The first-order valence-corrected chi connectivity index (χ1v) is 7.02. The monoisotopic (exact) mass is 283 g/mol. The second-order valence-electron chi connectivity index (χ2n) is 4.81. The molecule has 0 bridgehead atoms. The SMILES string of the molecule is CCC(C)(C(=O)NC(C)c1ccc(C)s1)/C(N)=N/O. The van der Waals surface area contributed by atoms with Gasteiger partial charge >= 0.3 is 0 Å². The van der Waals surface area contributed by atoms with Crippen molar-refractivity contribution in [3.05, 3.63) is 21.9 Å². The van der Waals surface area contributed by atoms with Gasteiger partial charge in [-0.15, -0.1) is 11.3 Å². The molecule has 0 saturated carbocycles. The van der Waals surface area contributed by atoms with E-state index in [1.165, 1.54) is 4.88 Å². The van der Waals surface area contributed by atoms with E-state index in [1.807, 2.05) is 32.9 Å². The number of amidine groups is 1. The van der Waals surface area contributed by atoms with Gasteiger partial charge in [0, 0.05) is 9.75 Å². The van der Waals surface area contributed by atoms with E-state index in [4.69, 9.17) is 10.9 Å². The van der Waals surface area contributed by atoms with Crippen LogP contribution in [0.4, 0.5) is 0 Å². The molecular formula is C13H21N3O2S. The number of hydrogen-bond acceptors (Lipinski definition) is 4. The van der Waals surface area contributed by atoms with Gasteiger partial charge in [-0.25, -0.2) is 0 Å². The third-order valence-electron chi connectivity index (χ3n) is 3.42. The fourth-order valence-corrected chi connectivity index (χ4v) is 2.56. The molecule has 0 spiro atoms.